The lowest BCUT2D eigenvalue weighted by Gasteiger charge is -2.38. The second kappa shape index (κ2) is 7.58. The molecular formula is C14H15F9O4. The van der Waals surface area contributed by atoms with Gasteiger partial charge in [0.25, 0.3) is 0 Å². The van der Waals surface area contributed by atoms with Crippen LogP contribution in [0, 0.1) is 5.41 Å². The molecule has 0 aliphatic carbocycles. The summed E-state index contributed by atoms with van der Waals surface area (Å²) in [6, 6.07) is 0. The van der Waals surface area contributed by atoms with Gasteiger partial charge in [0.2, 0.25) is 0 Å². The van der Waals surface area contributed by atoms with Crippen molar-refractivity contribution in [2.75, 3.05) is 0 Å². The SMILES string of the molecule is CC(C)(C)C(CC(F)(F)C(F)(F)C(F)(F)C(F)(F)F)OC(=O)C=CC(=O)O. The summed E-state index contributed by atoms with van der Waals surface area (Å²) in [6.45, 7) is 3.17. The van der Waals surface area contributed by atoms with Crippen LogP contribution in [0.25, 0.3) is 0 Å². The molecule has 158 valence electrons. The average Bonchev–Trinajstić information content (AvgIpc) is 2.41. The van der Waals surface area contributed by atoms with Gasteiger partial charge in [-0.2, -0.15) is 39.5 Å². The number of carboxylic acids is 1. The number of carboxylic acid groups (broad SMARTS) is 1. The van der Waals surface area contributed by atoms with Gasteiger partial charge in [-0.05, 0) is 5.41 Å². The van der Waals surface area contributed by atoms with Gasteiger partial charge in [0.1, 0.15) is 6.10 Å². The van der Waals surface area contributed by atoms with E-state index < -0.39 is 53.8 Å². The molecule has 27 heavy (non-hydrogen) atoms. The molecule has 0 bridgehead atoms. The Bertz CT molecular complexity index is 588. The zero-order valence-corrected chi connectivity index (χ0v) is 14.0. The number of carbonyl (C=O) groups is 2. The molecule has 1 atom stereocenters. The first-order chi connectivity index (χ1) is 11.7. The Kier molecular flexibility index (Phi) is 7.04. The highest BCUT2D eigenvalue weighted by molar-refractivity contribution is 5.90. The normalized spacial score (nSPS) is 15.7. The van der Waals surface area contributed by atoms with E-state index in [1.54, 1.807) is 0 Å². The van der Waals surface area contributed by atoms with E-state index in [0.717, 1.165) is 20.8 Å². The number of ether oxygens (including phenoxy) is 1. The topological polar surface area (TPSA) is 63.6 Å². The first-order valence-corrected chi connectivity index (χ1v) is 6.98. The third-order valence-electron chi connectivity index (χ3n) is 3.24. The van der Waals surface area contributed by atoms with Crippen LogP contribution in [0.15, 0.2) is 12.2 Å². The predicted molar refractivity (Wildman–Crippen MR) is 71.6 cm³/mol. The molecule has 4 nitrogen and oxygen atoms in total. The highest BCUT2D eigenvalue weighted by Crippen LogP contribution is 2.55. The molecule has 0 fully saturated rings. The van der Waals surface area contributed by atoms with Crippen molar-refractivity contribution in [2.45, 2.75) is 57.2 Å². The molecule has 0 heterocycles. The van der Waals surface area contributed by atoms with E-state index in [2.05, 4.69) is 4.74 Å². The molecule has 0 amide bonds. The predicted octanol–water partition coefficient (Wildman–Crippen LogP) is 4.44. The molecular weight excluding hydrogens is 403 g/mol. The third-order valence-corrected chi connectivity index (χ3v) is 3.24. The van der Waals surface area contributed by atoms with Crippen molar-refractivity contribution in [1.82, 2.24) is 0 Å². The van der Waals surface area contributed by atoms with Crippen LogP contribution < -0.4 is 0 Å². The van der Waals surface area contributed by atoms with Crippen molar-refractivity contribution in [3.8, 4) is 0 Å². The van der Waals surface area contributed by atoms with Crippen molar-refractivity contribution >= 4 is 11.9 Å². The number of carbonyl (C=O) groups excluding carboxylic acids is 1. The van der Waals surface area contributed by atoms with Gasteiger partial charge in [-0.25, -0.2) is 9.59 Å². The van der Waals surface area contributed by atoms with Crippen LogP contribution in [0.2, 0.25) is 0 Å². The maximum Gasteiger partial charge on any atom is 0.460 e. The number of halogens is 9. The van der Waals surface area contributed by atoms with E-state index in [1.807, 2.05) is 0 Å². The quantitative estimate of drug-likeness (QED) is 0.377. The van der Waals surface area contributed by atoms with E-state index >= 15 is 0 Å². The van der Waals surface area contributed by atoms with Crippen LogP contribution in [-0.4, -0.2) is 47.1 Å². The van der Waals surface area contributed by atoms with Crippen molar-refractivity contribution in [3.63, 3.8) is 0 Å². The highest BCUT2D eigenvalue weighted by atomic mass is 19.4. The van der Waals surface area contributed by atoms with Crippen LogP contribution in [0.3, 0.4) is 0 Å². The Morgan fingerprint density at radius 1 is 0.889 bits per heavy atom. The molecule has 0 aromatic carbocycles. The Morgan fingerprint density at radius 2 is 1.33 bits per heavy atom. The lowest BCUT2D eigenvalue weighted by molar-refractivity contribution is -0.398. The summed E-state index contributed by atoms with van der Waals surface area (Å²) in [7, 11) is 0. The summed E-state index contributed by atoms with van der Waals surface area (Å²) in [6.07, 6.45) is -11.2. The second-order valence-electron chi connectivity index (χ2n) is 6.52. The zero-order valence-electron chi connectivity index (χ0n) is 14.0. The third kappa shape index (κ3) is 5.76. The van der Waals surface area contributed by atoms with Crippen molar-refractivity contribution in [2.24, 2.45) is 5.41 Å². The van der Waals surface area contributed by atoms with Crippen molar-refractivity contribution in [1.29, 1.82) is 0 Å². The van der Waals surface area contributed by atoms with E-state index in [1.165, 1.54) is 0 Å². The molecule has 13 heteroatoms. The number of alkyl halides is 9. The fraction of sp³-hybridized carbons (Fsp3) is 0.714. The van der Waals surface area contributed by atoms with Crippen LogP contribution >= 0.6 is 0 Å². The van der Waals surface area contributed by atoms with Gasteiger partial charge in [-0.15, -0.1) is 0 Å². The molecule has 0 saturated carbocycles. The Labute approximate surface area is 147 Å². The second-order valence-corrected chi connectivity index (χ2v) is 6.52. The van der Waals surface area contributed by atoms with Gasteiger partial charge in [0.05, 0.1) is 6.42 Å². The van der Waals surface area contributed by atoms with Gasteiger partial charge in [-0.1, -0.05) is 20.8 Å². The number of rotatable bonds is 7. The standard InChI is InChI=1S/C14H15F9O4/c1-10(2,3)7(27-9(26)5-4-8(24)25)6-11(15,16)12(17,18)13(19,20)14(21,22)23/h4-5,7H,6H2,1-3H3,(H,24,25). The van der Waals surface area contributed by atoms with Crippen LogP contribution in [0.4, 0.5) is 39.5 Å². The summed E-state index contributed by atoms with van der Waals surface area (Å²) in [5, 5.41) is 8.31. The summed E-state index contributed by atoms with van der Waals surface area (Å²) in [5.74, 6) is -23.1. The van der Waals surface area contributed by atoms with Gasteiger partial charge in [0.15, 0.2) is 0 Å². The first kappa shape index (κ1) is 25.1. The van der Waals surface area contributed by atoms with Gasteiger partial charge >= 0.3 is 35.9 Å². The smallest absolute Gasteiger partial charge is 0.460 e. The maximum atomic E-state index is 13.7. The van der Waals surface area contributed by atoms with E-state index in [4.69, 9.17) is 5.11 Å². The summed E-state index contributed by atoms with van der Waals surface area (Å²) >= 11 is 0. The van der Waals surface area contributed by atoms with E-state index in [0.29, 0.717) is 0 Å². The average molecular weight is 418 g/mol. The Balaban J connectivity index is 5.77. The molecule has 0 aromatic rings. The van der Waals surface area contributed by atoms with Crippen LogP contribution in [-0.2, 0) is 14.3 Å². The zero-order chi connectivity index (χ0) is 22.1. The summed E-state index contributed by atoms with van der Waals surface area (Å²) in [5.41, 5.74) is -1.60. The fourth-order valence-electron chi connectivity index (χ4n) is 1.61. The summed E-state index contributed by atoms with van der Waals surface area (Å²) < 4.78 is 121. The molecule has 1 N–H and O–H groups in total. The lowest BCUT2D eigenvalue weighted by Crippen LogP contribution is -2.62. The minimum Gasteiger partial charge on any atom is -0.478 e. The van der Waals surface area contributed by atoms with Gasteiger partial charge < -0.3 is 9.84 Å². The minimum absolute atomic E-state index is 0.215. The molecule has 0 saturated heterocycles. The molecule has 1 unspecified atom stereocenters. The minimum atomic E-state index is -7.06. The van der Waals surface area contributed by atoms with E-state index in [-0.39, 0.29) is 12.2 Å². The molecule has 0 rings (SSSR count). The Morgan fingerprint density at radius 3 is 1.67 bits per heavy atom. The molecule has 0 aromatic heterocycles. The molecule has 0 spiro atoms. The Hall–Kier alpha value is -1.95. The van der Waals surface area contributed by atoms with E-state index in [9.17, 15) is 49.1 Å². The highest BCUT2D eigenvalue weighted by Gasteiger charge is 2.81. The van der Waals surface area contributed by atoms with Gasteiger partial charge in [-0.3, -0.25) is 0 Å². The molecule has 0 aliphatic heterocycles. The molecule has 0 aliphatic rings. The largest absolute Gasteiger partial charge is 0.478 e. The van der Waals surface area contributed by atoms with Crippen molar-refractivity contribution in [3.05, 3.63) is 12.2 Å². The number of hydrogen-bond acceptors (Lipinski definition) is 3. The monoisotopic (exact) mass is 418 g/mol. The van der Waals surface area contributed by atoms with Crippen molar-refractivity contribution < 1.29 is 58.9 Å². The fourth-order valence-corrected chi connectivity index (χ4v) is 1.61. The number of hydrogen-bond donors (Lipinski definition) is 1. The molecule has 0 radical (unpaired) electrons. The first-order valence-electron chi connectivity index (χ1n) is 6.98. The lowest BCUT2D eigenvalue weighted by atomic mass is 9.83. The van der Waals surface area contributed by atoms with Crippen LogP contribution in [0.1, 0.15) is 27.2 Å². The van der Waals surface area contributed by atoms with Gasteiger partial charge in [0, 0.05) is 12.2 Å². The number of aliphatic carboxylic acids is 1. The maximum absolute atomic E-state index is 13.7. The number of esters is 1. The summed E-state index contributed by atoms with van der Waals surface area (Å²) in [4.78, 5) is 21.6. The van der Waals surface area contributed by atoms with Crippen LogP contribution in [0.5, 0.6) is 0 Å².